The van der Waals surface area contributed by atoms with Gasteiger partial charge in [-0.15, -0.1) is 0 Å². The van der Waals surface area contributed by atoms with E-state index in [1.165, 1.54) is 25.9 Å². The molecule has 1 aliphatic rings. The highest BCUT2D eigenvalue weighted by Crippen LogP contribution is 2.25. The molecule has 3 aromatic carbocycles. The summed E-state index contributed by atoms with van der Waals surface area (Å²) in [6.45, 7) is 9.83. The molecule has 1 heterocycles. The lowest BCUT2D eigenvalue weighted by molar-refractivity contribution is 0.238. The Morgan fingerprint density at radius 2 is 1.61 bits per heavy atom. The fraction of sp³-hybridized carbons (Fsp3) is 0.345. The standard InChI is InChI=1S/C29H36N6O/c1-29(2,3)28(33)34-27(32)22-9-11-25(30)24(18-22)26(31)21-7-6-20-17-23(10-8-19(20)16-21)36-15-14-35-12-4-5-13-35/h6-11,16-18,31H,4-5,12-15,30H2,1-3H3,(H3,32,33,34). The molecule has 0 saturated carbocycles. The Bertz CT molecular complexity index is 1320. The van der Waals surface area contributed by atoms with E-state index in [0.29, 0.717) is 35.0 Å². The van der Waals surface area contributed by atoms with E-state index in [1.807, 2.05) is 57.2 Å². The van der Waals surface area contributed by atoms with E-state index in [0.717, 1.165) is 28.6 Å². The molecule has 36 heavy (non-hydrogen) atoms. The number of hydrogen-bond acceptors (Lipinski definition) is 5. The van der Waals surface area contributed by atoms with Crippen LogP contribution >= 0.6 is 0 Å². The summed E-state index contributed by atoms with van der Waals surface area (Å²) in [5.74, 6) is 1.29. The first-order valence-electron chi connectivity index (χ1n) is 12.4. The van der Waals surface area contributed by atoms with Crippen molar-refractivity contribution >= 4 is 33.8 Å². The Balaban J connectivity index is 1.51. The first-order chi connectivity index (χ1) is 17.1. The average Bonchev–Trinajstić information content (AvgIpc) is 3.36. The molecule has 0 unspecified atom stereocenters. The molecule has 1 aliphatic heterocycles. The molecular formula is C29H36N6O. The predicted octanol–water partition coefficient (Wildman–Crippen LogP) is 5.04. The number of hydrogen-bond donors (Lipinski definition) is 4. The number of likely N-dealkylation sites (tertiary alicyclic amines) is 1. The fourth-order valence-electron chi connectivity index (χ4n) is 4.20. The lowest BCUT2D eigenvalue weighted by atomic mass is 9.95. The van der Waals surface area contributed by atoms with Crippen molar-refractivity contribution in [3.8, 4) is 5.75 Å². The summed E-state index contributed by atoms with van der Waals surface area (Å²) >= 11 is 0. The average molecular weight is 485 g/mol. The summed E-state index contributed by atoms with van der Waals surface area (Å²) in [5.41, 5.74) is 14.6. The van der Waals surface area contributed by atoms with E-state index < -0.39 is 0 Å². The number of fused-ring (bicyclic) bond motifs is 1. The number of nitrogens with zero attached hydrogens (tertiary/aromatic N) is 2. The van der Waals surface area contributed by atoms with E-state index in [4.69, 9.17) is 27.0 Å². The van der Waals surface area contributed by atoms with Gasteiger partial charge in [0.05, 0.1) is 5.71 Å². The summed E-state index contributed by atoms with van der Waals surface area (Å²) in [6.07, 6.45) is 2.57. The van der Waals surface area contributed by atoms with Gasteiger partial charge in [-0.05, 0) is 73.1 Å². The predicted molar refractivity (Wildman–Crippen MR) is 150 cm³/mol. The summed E-state index contributed by atoms with van der Waals surface area (Å²) in [5, 5.41) is 19.3. The van der Waals surface area contributed by atoms with E-state index in [-0.39, 0.29) is 11.3 Å². The molecule has 0 spiro atoms. The van der Waals surface area contributed by atoms with Crippen LogP contribution in [0.1, 0.15) is 50.3 Å². The number of nitrogen functional groups attached to an aromatic ring is 1. The number of nitrogens with one attached hydrogen (secondary N) is 2. The van der Waals surface area contributed by atoms with Gasteiger partial charge in [0.1, 0.15) is 18.2 Å². The third-order valence-corrected chi connectivity index (χ3v) is 6.57. The zero-order chi connectivity index (χ0) is 25.9. The number of rotatable bonds is 7. The largest absolute Gasteiger partial charge is 0.492 e. The molecule has 0 bridgehead atoms. The second kappa shape index (κ2) is 10.5. The third kappa shape index (κ3) is 5.91. The maximum Gasteiger partial charge on any atom is 0.153 e. The zero-order valence-corrected chi connectivity index (χ0v) is 21.4. The number of nitrogens with two attached hydrogens (primary N) is 2. The van der Waals surface area contributed by atoms with Crippen molar-refractivity contribution in [2.24, 2.45) is 16.1 Å². The molecule has 0 aliphatic carbocycles. The minimum absolute atomic E-state index is 0.0484. The normalized spacial score (nSPS) is 14.8. The van der Waals surface area contributed by atoms with Crippen LogP contribution in [0.3, 0.4) is 0 Å². The second-order valence-corrected chi connectivity index (χ2v) is 10.4. The minimum Gasteiger partial charge on any atom is -0.492 e. The maximum atomic E-state index is 8.84. The lowest BCUT2D eigenvalue weighted by Crippen LogP contribution is -2.30. The van der Waals surface area contributed by atoms with E-state index in [2.05, 4.69) is 9.89 Å². The molecule has 7 heteroatoms. The molecular weight excluding hydrogens is 448 g/mol. The topological polar surface area (TPSA) is 125 Å². The van der Waals surface area contributed by atoms with Crippen molar-refractivity contribution in [1.29, 1.82) is 10.8 Å². The second-order valence-electron chi connectivity index (χ2n) is 10.4. The maximum absolute atomic E-state index is 8.84. The minimum atomic E-state index is -0.334. The summed E-state index contributed by atoms with van der Waals surface area (Å²) in [6, 6.07) is 17.1. The molecule has 3 aromatic rings. The molecule has 1 fully saturated rings. The van der Waals surface area contributed by atoms with Crippen LogP contribution in [-0.2, 0) is 0 Å². The first-order valence-corrected chi connectivity index (χ1v) is 12.4. The fourth-order valence-corrected chi connectivity index (χ4v) is 4.20. The molecule has 1 saturated heterocycles. The van der Waals surface area contributed by atoms with Gasteiger partial charge < -0.3 is 16.2 Å². The number of amidine groups is 2. The van der Waals surface area contributed by atoms with Gasteiger partial charge in [0.15, 0.2) is 5.84 Å². The van der Waals surface area contributed by atoms with E-state index in [9.17, 15) is 0 Å². The number of ether oxygens (including phenoxy) is 1. The van der Waals surface area contributed by atoms with Gasteiger partial charge in [0, 0.05) is 34.3 Å². The number of aliphatic imine (C=N–C) groups is 1. The number of anilines is 1. The number of benzene rings is 3. The third-order valence-electron chi connectivity index (χ3n) is 6.57. The Kier molecular flexibility index (Phi) is 7.40. The molecule has 0 aromatic heterocycles. The van der Waals surface area contributed by atoms with Crippen LogP contribution in [-0.4, -0.2) is 48.5 Å². The lowest BCUT2D eigenvalue weighted by Gasteiger charge is -2.17. The Hall–Kier alpha value is -3.71. The quantitative estimate of drug-likeness (QED) is 0.213. The SMILES string of the molecule is CC(C)(C)C(N)=NC(=N)c1ccc(N)c(C(=N)c2ccc3cc(OCCN4CCCC4)ccc3c2)c1. The Morgan fingerprint density at radius 1 is 0.944 bits per heavy atom. The van der Waals surface area contributed by atoms with Gasteiger partial charge >= 0.3 is 0 Å². The molecule has 7 nitrogen and oxygen atoms in total. The highest BCUT2D eigenvalue weighted by atomic mass is 16.5. The van der Waals surface area contributed by atoms with Gasteiger partial charge in [0.25, 0.3) is 0 Å². The van der Waals surface area contributed by atoms with Crippen LogP contribution in [0, 0.1) is 16.2 Å². The summed E-state index contributed by atoms with van der Waals surface area (Å²) in [4.78, 5) is 6.70. The highest BCUT2D eigenvalue weighted by molar-refractivity contribution is 6.16. The van der Waals surface area contributed by atoms with Gasteiger partial charge in [0.2, 0.25) is 0 Å². The van der Waals surface area contributed by atoms with Gasteiger partial charge in [-0.1, -0.05) is 39.0 Å². The van der Waals surface area contributed by atoms with Crippen molar-refractivity contribution in [2.75, 3.05) is 32.0 Å². The van der Waals surface area contributed by atoms with Crippen molar-refractivity contribution in [2.45, 2.75) is 33.6 Å². The Labute approximate surface area is 213 Å². The molecule has 6 N–H and O–H groups in total. The van der Waals surface area contributed by atoms with Crippen LogP contribution < -0.4 is 16.2 Å². The molecule has 0 amide bonds. The van der Waals surface area contributed by atoms with Gasteiger partial charge in [-0.25, -0.2) is 4.99 Å². The van der Waals surface area contributed by atoms with E-state index >= 15 is 0 Å². The Morgan fingerprint density at radius 3 is 2.33 bits per heavy atom. The summed E-state index contributed by atoms with van der Waals surface area (Å²) < 4.78 is 5.98. The van der Waals surface area contributed by atoms with Crippen LogP contribution in [0.4, 0.5) is 5.69 Å². The molecule has 0 radical (unpaired) electrons. The van der Waals surface area contributed by atoms with Crippen LogP contribution in [0.15, 0.2) is 59.6 Å². The highest BCUT2D eigenvalue weighted by Gasteiger charge is 2.18. The monoisotopic (exact) mass is 484 g/mol. The first kappa shape index (κ1) is 25.4. The van der Waals surface area contributed by atoms with Crippen LogP contribution in [0.25, 0.3) is 10.8 Å². The van der Waals surface area contributed by atoms with Gasteiger partial charge in [-0.3, -0.25) is 15.7 Å². The molecule has 188 valence electrons. The molecule has 0 atom stereocenters. The van der Waals surface area contributed by atoms with Crippen LogP contribution in [0.5, 0.6) is 5.75 Å². The molecule has 4 rings (SSSR count). The van der Waals surface area contributed by atoms with Crippen molar-refractivity contribution in [3.05, 3.63) is 71.3 Å². The van der Waals surface area contributed by atoms with Gasteiger partial charge in [-0.2, -0.15) is 0 Å². The van der Waals surface area contributed by atoms with Crippen molar-refractivity contribution < 1.29 is 4.74 Å². The van der Waals surface area contributed by atoms with E-state index in [1.54, 1.807) is 18.2 Å². The zero-order valence-electron chi connectivity index (χ0n) is 21.4. The van der Waals surface area contributed by atoms with Crippen LogP contribution in [0.2, 0.25) is 0 Å². The van der Waals surface area contributed by atoms with Crippen molar-refractivity contribution in [1.82, 2.24) is 4.90 Å². The smallest absolute Gasteiger partial charge is 0.153 e. The summed E-state index contributed by atoms with van der Waals surface area (Å²) in [7, 11) is 0. The van der Waals surface area contributed by atoms with Crippen molar-refractivity contribution in [3.63, 3.8) is 0 Å².